The van der Waals surface area contributed by atoms with Crippen LogP contribution < -0.4 is 11.5 Å². The molecule has 0 spiro atoms. The average Bonchev–Trinajstić information content (AvgIpc) is 2.57. The van der Waals surface area contributed by atoms with Crippen LogP contribution in [0.2, 0.25) is 0 Å². The molecule has 0 aliphatic carbocycles. The minimum Gasteiger partial charge on any atom is -0.382 e. The summed E-state index contributed by atoms with van der Waals surface area (Å²) in [6, 6.07) is 8.36. The third kappa shape index (κ3) is 3.06. The summed E-state index contributed by atoms with van der Waals surface area (Å²) in [5.74, 6) is -0.468. The zero-order valence-corrected chi connectivity index (χ0v) is 13.9. The lowest BCUT2D eigenvalue weighted by molar-refractivity contribution is -0.127. The number of nitrogens with two attached hydrogens (primary N) is 2. The highest BCUT2D eigenvalue weighted by molar-refractivity contribution is 5.85. The van der Waals surface area contributed by atoms with Gasteiger partial charge in [0.2, 0.25) is 5.91 Å². The fourth-order valence-electron chi connectivity index (χ4n) is 3.15. The van der Waals surface area contributed by atoms with Crippen LogP contribution in [-0.4, -0.2) is 38.8 Å². The van der Waals surface area contributed by atoms with Crippen LogP contribution in [0.1, 0.15) is 5.56 Å². The van der Waals surface area contributed by atoms with E-state index in [4.69, 9.17) is 11.5 Å². The van der Waals surface area contributed by atoms with Crippen molar-refractivity contribution in [3.05, 3.63) is 48.0 Å². The van der Waals surface area contributed by atoms with Crippen molar-refractivity contribution in [1.82, 2.24) is 19.9 Å². The highest BCUT2D eigenvalue weighted by Crippen LogP contribution is 2.26. The molecule has 26 heavy (non-hydrogen) atoms. The van der Waals surface area contributed by atoms with Gasteiger partial charge in [-0.05, 0) is 35.9 Å². The summed E-state index contributed by atoms with van der Waals surface area (Å²) in [6.45, 7) is 1.75. The Morgan fingerprint density at radius 3 is 2.81 bits per heavy atom. The number of benzene rings is 1. The van der Waals surface area contributed by atoms with E-state index in [0.717, 1.165) is 5.56 Å². The number of nitrogen functional groups attached to an aromatic ring is 1. The summed E-state index contributed by atoms with van der Waals surface area (Å²) in [4.78, 5) is 25.7. The van der Waals surface area contributed by atoms with Gasteiger partial charge in [0.1, 0.15) is 17.7 Å². The molecule has 4 rings (SSSR count). The first-order chi connectivity index (χ1) is 12.5. The number of pyridine rings is 1. The predicted octanol–water partition coefficient (Wildman–Crippen LogP) is 1.33. The summed E-state index contributed by atoms with van der Waals surface area (Å²) in [7, 11) is 0. The van der Waals surface area contributed by atoms with Gasteiger partial charge in [0.15, 0.2) is 5.82 Å². The Morgan fingerprint density at radius 2 is 2.04 bits per heavy atom. The first kappa shape index (κ1) is 16.3. The van der Waals surface area contributed by atoms with Crippen molar-refractivity contribution < 1.29 is 9.18 Å². The Morgan fingerprint density at radius 1 is 1.23 bits per heavy atom. The molecule has 3 aromatic rings. The number of rotatable bonds is 4. The molecule has 1 aliphatic heterocycles. The van der Waals surface area contributed by atoms with Crippen molar-refractivity contribution in [2.75, 3.05) is 18.8 Å². The van der Waals surface area contributed by atoms with Crippen molar-refractivity contribution in [1.29, 1.82) is 0 Å². The predicted molar refractivity (Wildman–Crippen MR) is 95.1 cm³/mol. The van der Waals surface area contributed by atoms with Gasteiger partial charge in [-0.2, -0.15) is 0 Å². The molecular formula is C18H17FN6O. The average molecular weight is 352 g/mol. The summed E-state index contributed by atoms with van der Waals surface area (Å²) in [6.07, 6.45) is 1.38. The van der Waals surface area contributed by atoms with Crippen molar-refractivity contribution in [3.8, 4) is 11.3 Å². The lowest BCUT2D eigenvalue weighted by atomic mass is 9.98. The van der Waals surface area contributed by atoms with Gasteiger partial charge in [-0.3, -0.25) is 9.69 Å². The molecule has 8 heteroatoms. The van der Waals surface area contributed by atoms with Gasteiger partial charge in [-0.25, -0.2) is 19.3 Å². The van der Waals surface area contributed by atoms with Gasteiger partial charge in [0.25, 0.3) is 0 Å². The number of amides is 1. The first-order valence-corrected chi connectivity index (χ1v) is 8.18. The lowest BCUT2D eigenvalue weighted by Crippen LogP contribution is -2.51. The van der Waals surface area contributed by atoms with Gasteiger partial charge in [0.05, 0.1) is 17.1 Å². The minimum atomic E-state index is -0.344. The van der Waals surface area contributed by atoms with Crippen LogP contribution in [0.4, 0.5) is 10.2 Å². The standard InChI is InChI=1S/C18H17FN6O/c19-13-4-10(6-25-7-12(8-25)18(21)26)3-11(5-13)14-1-2-15-16(24-14)17(20)23-9-22-15/h1-5,9,12H,6-8H2,(H2,21,26)(H2,20,22,23). The minimum absolute atomic E-state index is 0.117. The topological polar surface area (TPSA) is 111 Å². The van der Waals surface area contributed by atoms with Crippen LogP contribution in [0.15, 0.2) is 36.7 Å². The van der Waals surface area contributed by atoms with E-state index in [2.05, 4.69) is 15.0 Å². The van der Waals surface area contributed by atoms with Crippen LogP contribution >= 0.6 is 0 Å². The number of hydrogen-bond acceptors (Lipinski definition) is 6. The molecule has 0 atom stereocenters. The largest absolute Gasteiger partial charge is 0.382 e. The normalized spacial score (nSPS) is 15.1. The van der Waals surface area contributed by atoms with E-state index in [1.165, 1.54) is 18.5 Å². The Balaban J connectivity index is 1.62. The van der Waals surface area contributed by atoms with E-state index in [0.29, 0.717) is 41.9 Å². The van der Waals surface area contributed by atoms with Crippen LogP contribution in [0, 0.1) is 11.7 Å². The molecule has 1 saturated heterocycles. The van der Waals surface area contributed by atoms with E-state index < -0.39 is 0 Å². The van der Waals surface area contributed by atoms with Crippen molar-refractivity contribution in [2.24, 2.45) is 11.7 Å². The highest BCUT2D eigenvalue weighted by atomic mass is 19.1. The fraction of sp³-hybridized carbons (Fsp3) is 0.222. The zero-order chi connectivity index (χ0) is 18.3. The maximum Gasteiger partial charge on any atom is 0.223 e. The number of carbonyl (C=O) groups excluding carboxylic acids is 1. The van der Waals surface area contributed by atoms with Gasteiger partial charge < -0.3 is 11.5 Å². The van der Waals surface area contributed by atoms with E-state index in [1.807, 2.05) is 11.0 Å². The molecule has 0 bridgehead atoms. The quantitative estimate of drug-likeness (QED) is 0.733. The first-order valence-electron chi connectivity index (χ1n) is 8.18. The van der Waals surface area contributed by atoms with Crippen LogP contribution in [0.3, 0.4) is 0 Å². The molecule has 1 fully saturated rings. The summed E-state index contributed by atoms with van der Waals surface area (Å²) in [5, 5.41) is 0. The summed E-state index contributed by atoms with van der Waals surface area (Å²) in [5.41, 5.74) is 14.3. The van der Waals surface area contributed by atoms with Crippen LogP contribution in [-0.2, 0) is 11.3 Å². The Hall–Kier alpha value is -3.13. The molecule has 1 amide bonds. The molecule has 0 unspecified atom stereocenters. The molecular weight excluding hydrogens is 335 g/mol. The van der Waals surface area contributed by atoms with E-state index in [-0.39, 0.29) is 23.5 Å². The van der Waals surface area contributed by atoms with E-state index in [1.54, 1.807) is 12.1 Å². The zero-order valence-electron chi connectivity index (χ0n) is 13.9. The van der Waals surface area contributed by atoms with Gasteiger partial charge in [0, 0.05) is 25.2 Å². The fourth-order valence-corrected chi connectivity index (χ4v) is 3.15. The second kappa shape index (κ2) is 6.30. The molecule has 0 saturated carbocycles. The summed E-state index contributed by atoms with van der Waals surface area (Å²) < 4.78 is 14.1. The van der Waals surface area contributed by atoms with E-state index >= 15 is 0 Å². The molecule has 2 aromatic heterocycles. The van der Waals surface area contributed by atoms with Gasteiger partial charge in [-0.15, -0.1) is 0 Å². The SMILES string of the molecule is NC(=O)C1CN(Cc2cc(F)cc(-c3ccc4ncnc(N)c4n3)c2)C1. The van der Waals surface area contributed by atoms with Crippen molar-refractivity contribution in [2.45, 2.75) is 6.54 Å². The molecule has 4 N–H and O–H groups in total. The number of likely N-dealkylation sites (tertiary alicyclic amines) is 1. The monoisotopic (exact) mass is 352 g/mol. The lowest BCUT2D eigenvalue weighted by Gasteiger charge is -2.37. The summed E-state index contributed by atoms with van der Waals surface area (Å²) >= 11 is 0. The maximum absolute atomic E-state index is 14.1. The Labute approximate surface area is 148 Å². The number of primary amides is 1. The highest BCUT2D eigenvalue weighted by Gasteiger charge is 2.30. The second-order valence-corrected chi connectivity index (χ2v) is 6.46. The number of aromatic nitrogens is 3. The molecule has 0 radical (unpaired) electrons. The van der Waals surface area contributed by atoms with Crippen molar-refractivity contribution >= 4 is 22.8 Å². The van der Waals surface area contributed by atoms with Crippen LogP contribution in [0.5, 0.6) is 0 Å². The van der Waals surface area contributed by atoms with Crippen molar-refractivity contribution in [3.63, 3.8) is 0 Å². The third-order valence-electron chi connectivity index (χ3n) is 4.53. The smallest absolute Gasteiger partial charge is 0.223 e. The Kier molecular flexibility index (Phi) is 3.96. The molecule has 1 aromatic carbocycles. The number of fused-ring (bicyclic) bond motifs is 1. The van der Waals surface area contributed by atoms with Gasteiger partial charge in [-0.1, -0.05) is 0 Å². The number of halogens is 1. The Bertz CT molecular complexity index is 1000. The van der Waals surface area contributed by atoms with Gasteiger partial charge >= 0.3 is 0 Å². The third-order valence-corrected chi connectivity index (χ3v) is 4.53. The number of anilines is 1. The number of nitrogens with zero attached hydrogens (tertiary/aromatic N) is 4. The molecule has 7 nitrogen and oxygen atoms in total. The maximum atomic E-state index is 14.1. The van der Waals surface area contributed by atoms with Crippen LogP contribution in [0.25, 0.3) is 22.3 Å². The molecule has 1 aliphatic rings. The second-order valence-electron chi connectivity index (χ2n) is 6.46. The molecule has 3 heterocycles. The van der Waals surface area contributed by atoms with E-state index in [9.17, 15) is 9.18 Å². The molecule has 132 valence electrons. The number of hydrogen-bond donors (Lipinski definition) is 2. The number of carbonyl (C=O) groups is 1.